The van der Waals surface area contributed by atoms with E-state index < -0.39 is 46.4 Å². The number of esters is 2. The van der Waals surface area contributed by atoms with Gasteiger partial charge in [0.2, 0.25) is 0 Å². The Bertz CT molecular complexity index is 625. The van der Waals surface area contributed by atoms with E-state index in [1.54, 1.807) is 0 Å². The smallest absolute Gasteiger partial charge is 0.327 e. The summed E-state index contributed by atoms with van der Waals surface area (Å²) in [6, 6.07) is 0. The molecule has 0 saturated carbocycles. The molecule has 0 fully saturated rings. The number of aliphatic hydroxyl groups excluding tert-OH is 1. The Morgan fingerprint density at radius 2 is 1.48 bits per heavy atom. The molecule has 2 unspecified atom stereocenters. The van der Waals surface area contributed by atoms with Crippen LogP contribution in [-0.4, -0.2) is 97.4 Å². The summed E-state index contributed by atoms with van der Waals surface area (Å²) in [5.74, 6) is -2.26. The molecule has 1 radical (unpaired) electrons. The largest absolute Gasteiger partial charge is 0.465 e. The van der Waals surface area contributed by atoms with E-state index in [-0.39, 0.29) is 49.4 Å². The summed E-state index contributed by atoms with van der Waals surface area (Å²) in [6.45, 7) is 5.30. The molecule has 0 amide bonds. The van der Waals surface area contributed by atoms with E-state index in [4.69, 9.17) is 14.2 Å². The Hall–Kier alpha value is -0.490. The van der Waals surface area contributed by atoms with Crippen molar-refractivity contribution >= 4 is 51.6 Å². The van der Waals surface area contributed by atoms with Crippen LogP contribution >= 0.6 is 0 Å². The molecule has 9 nitrogen and oxygen atoms in total. The zero-order valence-electron chi connectivity index (χ0n) is 20.2. The fourth-order valence-corrected chi connectivity index (χ4v) is 3.56. The fraction of sp³-hybridized carbons (Fsp3) is 0.818. The minimum absolute atomic E-state index is 0. The number of ether oxygens (including phenoxy) is 3. The summed E-state index contributed by atoms with van der Waals surface area (Å²) in [4.78, 5) is 23.9. The summed E-state index contributed by atoms with van der Waals surface area (Å²) in [6.07, 6.45) is 10.4. The number of unbranched alkanes of at least 4 members (excludes halogenated alkanes) is 9. The predicted molar refractivity (Wildman–Crippen MR) is 126 cm³/mol. The first-order valence-corrected chi connectivity index (χ1v) is 12.9. The van der Waals surface area contributed by atoms with Crippen LogP contribution in [0.25, 0.3) is 0 Å². The summed E-state index contributed by atoms with van der Waals surface area (Å²) >= 11 is 0. The molecule has 0 spiro atoms. The Morgan fingerprint density at radius 3 is 2.00 bits per heavy atom. The molecule has 0 rings (SSSR count). The second-order valence-corrected chi connectivity index (χ2v) is 9.32. The summed E-state index contributed by atoms with van der Waals surface area (Å²) < 4.78 is 46.9. The van der Waals surface area contributed by atoms with Crippen molar-refractivity contribution in [1.29, 1.82) is 0 Å². The SMILES string of the molecule is C=CCOCC(O)COC(=O)CC(C(=O)OCCCCCCCCCCCC)S(=O)(=O)O.[Na]. The summed E-state index contributed by atoms with van der Waals surface area (Å²) in [5.41, 5.74) is 0. The van der Waals surface area contributed by atoms with E-state index in [0.29, 0.717) is 6.42 Å². The molecule has 0 saturated heterocycles. The zero-order valence-corrected chi connectivity index (χ0v) is 23.0. The van der Waals surface area contributed by atoms with Crippen molar-refractivity contribution < 1.29 is 41.9 Å². The molecular formula is C22H40NaO9S. The first-order chi connectivity index (χ1) is 15.2. The summed E-state index contributed by atoms with van der Waals surface area (Å²) in [7, 11) is -4.85. The van der Waals surface area contributed by atoms with Crippen LogP contribution in [0.4, 0.5) is 0 Å². The molecule has 0 aliphatic carbocycles. The van der Waals surface area contributed by atoms with Gasteiger partial charge in [-0.1, -0.05) is 70.8 Å². The van der Waals surface area contributed by atoms with Gasteiger partial charge in [0.25, 0.3) is 10.1 Å². The molecule has 2 N–H and O–H groups in total. The van der Waals surface area contributed by atoms with Crippen molar-refractivity contribution in [2.24, 2.45) is 0 Å². The average molecular weight is 504 g/mol. The molecule has 0 aliphatic rings. The zero-order chi connectivity index (χ0) is 24.2. The third-order valence-electron chi connectivity index (χ3n) is 4.70. The number of aliphatic hydroxyl groups is 1. The molecule has 0 aromatic heterocycles. The van der Waals surface area contributed by atoms with Gasteiger partial charge in [-0.2, -0.15) is 8.42 Å². The van der Waals surface area contributed by atoms with Gasteiger partial charge in [0, 0.05) is 29.6 Å². The maximum absolute atomic E-state index is 12.1. The van der Waals surface area contributed by atoms with Crippen LogP contribution in [0.2, 0.25) is 0 Å². The van der Waals surface area contributed by atoms with Gasteiger partial charge in [0.15, 0.2) is 5.25 Å². The topological polar surface area (TPSA) is 136 Å². The van der Waals surface area contributed by atoms with Crippen LogP contribution in [0.3, 0.4) is 0 Å². The Kier molecular flexibility index (Phi) is 23.1. The van der Waals surface area contributed by atoms with Crippen LogP contribution in [0.15, 0.2) is 12.7 Å². The monoisotopic (exact) mass is 503 g/mol. The van der Waals surface area contributed by atoms with Crippen molar-refractivity contribution in [2.75, 3.05) is 26.4 Å². The third kappa shape index (κ3) is 20.6. The van der Waals surface area contributed by atoms with E-state index >= 15 is 0 Å². The molecule has 33 heavy (non-hydrogen) atoms. The Labute approximate surface area is 220 Å². The van der Waals surface area contributed by atoms with Crippen molar-refractivity contribution in [3.05, 3.63) is 12.7 Å². The van der Waals surface area contributed by atoms with E-state index in [0.717, 1.165) is 19.3 Å². The van der Waals surface area contributed by atoms with E-state index in [1.807, 2.05) is 0 Å². The van der Waals surface area contributed by atoms with Gasteiger partial charge in [-0.3, -0.25) is 14.1 Å². The van der Waals surface area contributed by atoms with Crippen LogP contribution in [0.1, 0.15) is 77.6 Å². The Balaban J connectivity index is 0. The first kappa shape index (κ1) is 34.7. The van der Waals surface area contributed by atoms with Gasteiger partial charge in [0.1, 0.15) is 12.7 Å². The molecule has 189 valence electrons. The van der Waals surface area contributed by atoms with Gasteiger partial charge in [-0.05, 0) is 6.42 Å². The maximum atomic E-state index is 12.1. The van der Waals surface area contributed by atoms with E-state index in [2.05, 4.69) is 13.5 Å². The number of rotatable bonds is 21. The molecule has 0 bridgehead atoms. The van der Waals surface area contributed by atoms with Crippen molar-refractivity contribution in [1.82, 2.24) is 0 Å². The predicted octanol–water partition coefficient (Wildman–Crippen LogP) is 2.82. The molecule has 0 aromatic carbocycles. The van der Waals surface area contributed by atoms with Crippen molar-refractivity contribution in [3.63, 3.8) is 0 Å². The Morgan fingerprint density at radius 1 is 0.939 bits per heavy atom. The second-order valence-electron chi connectivity index (χ2n) is 7.72. The van der Waals surface area contributed by atoms with Crippen LogP contribution in [0.5, 0.6) is 0 Å². The van der Waals surface area contributed by atoms with E-state index in [1.165, 1.54) is 44.6 Å². The minimum atomic E-state index is -4.85. The molecule has 0 aromatic rings. The molecular weight excluding hydrogens is 463 g/mol. The normalized spacial score (nSPS) is 12.9. The van der Waals surface area contributed by atoms with Gasteiger partial charge < -0.3 is 19.3 Å². The van der Waals surface area contributed by atoms with Gasteiger partial charge >= 0.3 is 11.9 Å². The maximum Gasteiger partial charge on any atom is 0.327 e. The summed E-state index contributed by atoms with van der Waals surface area (Å²) in [5, 5.41) is 7.54. The number of carbonyl (C=O) groups excluding carboxylic acids is 2. The van der Waals surface area contributed by atoms with Gasteiger partial charge in [-0.25, -0.2) is 0 Å². The minimum Gasteiger partial charge on any atom is -0.465 e. The number of hydrogen-bond donors (Lipinski definition) is 2. The van der Waals surface area contributed by atoms with Gasteiger partial charge in [0.05, 0.1) is 26.2 Å². The number of hydrogen-bond acceptors (Lipinski definition) is 8. The molecule has 0 aliphatic heterocycles. The van der Waals surface area contributed by atoms with Crippen molar-refractivity contribution in [2.45, 2.75) is 88.9 Å². The average Bonchev–Trinajstić information content (AvgIpc) is 2.73. The quantitative estimate of drug-likeness (QED) is 0.0796. The fourth-order valence-electron chi connectivity index (χ4n) is 2.90. The standard InChI is InChI=1S/C22H40O9S.Na/c1-3-5-6-7-8-9-10-11-12-13-15-30-22(25)20(32(26,27)28)16-21(24)31-18-19(23)17-29-14-4-2;/h4,19-20,23H,2-3,5-18H2,1H3,(H,26,27,28);. The van der Waals surface area contributed by atoms with Crippen LogP contribution in [-0.2, 0) is 33.9 Å². The first-order valence-electron chi connectivity index (χ1n) is 11.4. The third-order valence-corrected chi connectivity index (χ3v) is 5.78. The van der Waals surface area contributed by atoms with Gasteiger partial charge in [-0.15, -0.1) is 6.58 Å². The molecule has 0 heterocycles. The second kappa shape index (κ2) is 22.0. The van der Waals surface area contributed by atoms with Crippen LogP contribution in [0, 0.1) is 0 Å². The molecule has 11 heteroatoms. The van der Waals surface area contributed by atoms with E-state index in [9.17, 15) is 27.7 Å². The van der Waals surface area contributed by atoms with Crippen LogP contribution < -0.4 is 0 Å². The molecule has 2 atom stereocenters. The number of carbonyl (C=O) groups is 2. The van der Waals surface area contributed by atoms with Crippen molar-refractivity contribution in [3.8, 4) is 0 Å².